The molecule has 0 atom stereocenters. The van der Waals surface area contributed by atoms with Crippen LogP contribution in [0, 0.1) is 16.7 Å². The van der Waals surface area contributed by atoms with Crippen LogP contribution in [0.1, 0.15) is 25.6 Å². The highest BCUT2D eigenvalue weighted by Gasteiger charge is 2.54. The van der Waals surface area contributed by atoms with E-state index in [4.69, 9.17) is 29.4 Å². The van der Waals surface area contributed by atoms with Gasteiger partial charge in [-0.15, -0.1) is 0 Å². The molecule has 200 valence electrons. The first kappa shape index (κ1) is 23.8. The molecule has 0 unspecified atom stereocenters. The number of anilines is 1. The smallest absolute Gasteiger partial charge is 0.298 e. The van der Waals surface area contributed by atoms with E-state index < -0.39 is 5.41 Å². The predicted octanol–water partition coefficient (Wildman–Crippen LogP) is 1.99. The molecule has 1 saturated carbocycles. The van der Waals surface area contributed by atoms with Crippen LogP contribution < -0.4 is 9.64 Å². The molecule has 2 aliphatic heterocycles. The molecule has 12 heteroatoms. The van der Waals surface area contributed by atoms with Gasteiger partial charge in [0.2, 0.25) is 11.9 Å². The number of ether oxygens (including phenoxy) is 2. The number of amides is 1. The third-order valence-electron chi connectivity index (χ3n) is 7.89. The molecule has 3 aromatic heterocycles. The number of imidazole rings is 2. The SMILES string of the molecule is CCc1nc2ccccc2n1-c1nc(N2CCOCC2)c2nc(OC3CN(C(=O)C4(C#N)CC4)C3)n(C)c2n1. The highest BCUT2D eigenvalue weighted by atomic mass is 16.5. The van der Waals surface area contributed by atoms with Gasteiger partial charge in [-0.2, -0.15) is 20.2 Å². The maximum absolute atomic E-state index is 12.6. The van der Waals surface area contributed by atoms with Gasteiger partial charge in [0, 0.05) is 26.6 Å². The minimum Gasteiger partial charge on any atom is -0.458 e. The van der Waals surface area contributed by atoms with Crippen LogP contribution in [-0.4, -0.2) is 85.4 Å². The molecule has 1 aliphatic carbocycles. The summed E-state index contributed by atoms with van der Waals surface area (Å²) in [4.78, 5) is 36.2. The number of carbonyl (C=O) groups is 1. The molecule has 0 spiro atoms. The number of carbonyl (C=O) groups excluding carboxylic acids is 1. The summed E-state index contributed by atoms with van der Waals surface area (Å²) in [5, 5.41) is 9.36. The fourth-order valence-electron chi connectivity index (χ4n) is 5.38. The molecule has 1 amide bonds. The Hall–Kier alpha value is -4.24. The summed E-state index contributed by atoms with van der Waals surface area (Å²) in [6.45, 7) is 5.58. The van der Waals surface area contributed by atoms with Crippen LogP contribution in [0.2, 0.25) is 0 Å². The van der Waals surface area contributed by atoms with Crippen LogP contribution in [0.25, 0.3) is 28.1 Å². The Morgan fingerprint density at radius 2 is 1.92 bits per heavy atom. The van der Waals surface area contributed by atoms with Gasteiger partial charge in [-0.3, -0.25) is 13.9 Å². The van der Waals surface area contributed by atoms with Crippen LogP contribution in [0.15, 0.2) is 24.3 Å². The topological polar surface area (TPSA) is 127 Å². The number of morpholine rings is 1. The Kier molecular flexibility index (Phi) is 5.45. The number of aryl methyl sites for hydroxylation is 2. The van der Waals surface area contributed by atoms with E-state index in [1.165, 1.54) is 0 Å². The van der Waals surface area contributed by atoms with Gasteiger partial charge in [-0.25, -0.2) is 4.98 Å². The van der Waals surface area contributed by atoms with E-state index >= 15 is 0 Å². The molecule has 39 heavy (non-hydrogen) atoms. The summed E-state index contributed by atoms with van der Waals surface area (Å²) >= 11 is 0. The van der Waals surface area contributed by atoms with Crippen molar-refractivity contribution in [3.05, 3.63) is 30.1 Å². The first-order chi connectivity index (χ1) is 19.0. The number of nitriles is 1. The molecule has 0 radical (unpaired) electrons. The van der Waals surface area contributed by atoms with Gasteiger partial charge in [0.05, 0.1) is 43.4 Å². The summed E-state index contributed by atoms with van der Waals surface area (Å²) in [5.41, 5.74) is 2.36. The van der Waals surface area contributed by atoms with E-state index in [2.05, 4.69) is 17.9 Å². The maximum atomic E-state index is 12.6. The van der Waals surface area contributed by atoms with Crippen molar-refractivity contribution < 1.29 is 14.3 Å². The highest BCUT2D eigenvalue weighted by molar-refractivity contribution is 5.89. The normalized spacial score (nSPS) is 18.8. The van der Waals surface area contributed by atoms with Crippen LogP contribution >= 0.6 is 0 Å². The Balaban J connectivity index is 1.26. The van der Waals surface area contributed by atoms with E-state index in [9.17, 15) is 10.1 Å². The van der Waals surface area contributed by atoms with Crippen LogP contribution in [-0.2, 0) is 23.0 Å². The van der Waals surface area contributed by atoms with Crippen molar-refractivity contribution in [3.63, 3.8) is 0 Å². The predicted molar refractivity (Wildman–Crippen MR) is 142 cm³/mol. The number of hydrogen-bond donors (Lipinski definition) is 0. The fourth-order valence-corrected chi connectivity index (χ4v) is 5.38. The molecule has 0 N–H and O–H groups in total. The molecule has 12 nitrogen and oxygen atoms in total. The van der Waals surface area contributed by atoms with Gasteiger partial charge in [0.1, 0.15) is 17.3 Å². The summed E-state index contributed by atoms with van der Waals surface area (Å²) < 4.78 is 15.7. The number of fused-ring (bicyclic) bond motifs is 2. The number of likely N-dealkylation sites (tertiary alicyclic amines) is 1. The monoisotopic (exact) mass is 527 g/mol. The van der Waals surface area contributed by atoms with E-state index in [1.807, 2.05) is 40.4 Å². The molecule has 1 aromatic carbocycles. The molecule has 3 aliphatic rings. The zero-order valence-electron chi connectivity index (χ0n) is 22.0. The summed E-state index contributed by atoms with van der Waals surface area (Å²) in [6.07, 6.45) is 1.83. The van der Waals surface area contributed by atoms with Crippen LogP contribution in [0.4, 0.5) is 5.82 Å². The average molecular weight is 528 g/mol. The largest absolute Gasteiger partial charge is 0.458 e. The third-order valence-corrected chi connectivity index (χ3v) is 7.89. The van der Waals surface area contributed by atoms with Crippen LogP contribution in [0.3, 0.4) is 0 Å². The van der Waals surface area contributed by atoms with E-state index in [-0.39, 0.29) is 12.0 Å². The fraction of sp³-hybridized carbons (Fsp3) is 0.481. The standard InChI is InChI=1S/C27H29N9O3/c1-3-20-29-18-6-4-5-7-19(18)36(20)25-31-22-21(23(32-25)34-10-12-38-13-11-34)30-26(33(22)2)39-17-14-35(15-17)24(37)27(16-28)8-9-27/h4-7,17H,3,8-15H2,1-2H3. The van der Waals surface area contributed by atoms with Crippen molar-refractivity contribution in [2.45, 2.75) is 32.3 Å². The lowest BCUT2D eigenvalue weighted by molar-refractivity contribution is -0.144. The zero-order chi connectivity index (χ0) is 26.7. The molecular formula is C27H29N9O3. The molecule has 7 rings (SSSR count). The lowest BCUT2D eigenvalue weighted by atomic mass is 10.0. The summed E-state index contributed by atoms with van der Waals surface area (Å²) in [7, 11) is 1.88. The molecular weight excluding hydrogens is 498 g/mol. The number of benzene rings is 1. The van der Waals surface area contributed by atoms with E-state index in [0.717, 1.165) is 29.1 Å². The minimum absolute atomic E-state index is 0.0840. The van der Waals surface area contributed by atoms with Crippen molar-refractivity contribution in [1.29, 1.82) is 5.26 Å². The quantitative estimate of drug-likeness (QED) is 0.370. The van der Waals surface area contributed by atoms with Crippen molar-refractivity contribution >= 4 is 33.9 Å². The molecule has 5 heterocycles. The zero-order valence-corrected chi connectivity index (χ0v) is 22.0. The van der Waals surface area contributed by atoms with E-state index in [1.54, 1.807) is 4.90 Å². The summed E-state index contributed by atoms with van der Waals surface area (Å²) in [5.74, 6) is 2.07. The maximum Gasteiger partial charge on any atom is 0.298 e. The first-order valence-electron chi connectivity index (χ1n) is 13.4. The highest BCUT2D eigenvalue weighted by Crippen LogP contribution is 2.47. The molecule has 3 fully saturated rings. The second-order valence-electron chi connectivity index (χ2n) is 10.4. The van der Waals surface area contributed by atoms with Crippen molar-refractivity contribution in [2.24, 2.45) is 12.5 Å². The number of para-hydroxylation sites is 2. The van der Waals surface area contributed by atoms with Gasteiger partial charge < -0.3 is 19.3 Å². The Morgan fingerprint density at radius 3 is 2.64 bits per heavy atom. The van der Waals surface area contributed by atoms with E-state index in [0.29, 0.717) is 75.4 Å². The number of nitrogens with zero attached hydrogens (tertiary/aromatic N) is 9. The lowest BCUT2D eigenvalue weighted by Crippen LogP contribution is -2.58. The lowest BCUT2D eigenvalue weighted by Gasteiger charge is -2.39. The Labute approximate surface area is 224 Å². The Bertz CT molecular complexity index is 1640. The molecule has 2 saturated heterocycles. The average Bonchev–Trinajstić information content (AvgIpc) is 3.57. The number of hydrogen-bond acceptors (Lipinski definition) is 9. The third kappa shape index (κ3) is 3.79. The second kappa shape index (κ2) is 8.91. The number of rotatable bonds is 6. The van der Waals surface area contributed by atoms with Gasteiger partial charge in [0.15, 0.2) is 17.0 Å². The van der Waals surface area contributed by atoms with Crippen molar-refractivity contribution in [3.8, 4) is 18.0 Å². The second-order valence-corrected chi connectivity index (χ2v) is 10.4. The van der Waals surface area contributed by atoms with Gasteiger partial charge in [-0.05, 0) is 25.0 Å². The van der Waals surface area contributed by atoms with Gasteiger partial charge in [0.25, 0.3) is 6.01 Å². The number of aromatic nitrogens is 6. The van der Waals surface area contributed by atoms with Gasteiger partial charge >= 0.3 is 0 Å². The summed E-state index contributed by atoms with van der Waals surface area (Å²) in [6, 6.07) is 10.6. The van der Waals surface area contributed by atoms with Crippen molar-refractivity contribution in [1.82, 2.24) is 34.0 Å². The van der Waals surface area contributed by atoms with Crippen LogP contribution in [0.5, 0.6) is 6.01 Å². The van der Waals surface area contributed by atoms with Gasteiger partial charge in [-0.1, -0.05) is 19.1 Å². The minimum atomic E-state index is -0.809. The molecule has 4 aromatic rings. The Morgan fingerprint density at radius 1 is 1.15 bits per heavy atom. The molecule has 0 bridgehead atoms. The van der Waals surface area contributed by atoms with Crippen molar-refractivity contribution in [2.75, 3.05) is 44.3 Å². The first-order valence-corrected chi connectivity index (χ1v) is 13.4.